The van der Waals surface area contributed by atoms with Crippen molar-refractivity contribution in [3.8, 4) is 5.69 Å². The second-order valence-electron chi connectivity index (χ2n) is 3.90. The number of rotatable bonds is 4. The van der Waals surface area contributed by atoms with Crippen LogP contribution in [0.5, 0.6) is 0 Å². The number of aromatic nitrogens is 2. The topological polar surface area (TPSA) is 87.2 Å². The van der Waals surface area contributed by atoms with Gasteiger partial charge in [-0.25, -0.2) is 9.48 Å². The van der Waals surface area contributed by atoms with Crippen LogP contribution in [0.1, 0.15) is 27.8 Å². The maximum Gasteiger partial charge on any atom is 0.342 e. The third kappa shape index (κ3) is 2.80. The van der Waals surface area contributed by atoms with E-state index in [0.29, 0.717) is 10.7 Å². The molecule has 1 aromatic heterocycles. The molecule has 0 fully saturated rings. The molecular formula is C13H12ClN3O3. The molecule has 0 aliphatic heterocycles. The van der Waals surface area contributed by atoms with Gasteiger partial charge in [0.25, 0.3) is 5.91 Å². The van der Waals surface area contributed by atoms with Crippen molar-refractivity contribution >= 4 is 23.5 Å². The van der Waals surface area contributed by atoms with Crippen LogP contribution in [0.4, 0.5) is 0 Å². The molecule has 1 amide bonds. The van der Waals surface area contributed by atoms with Gasteiger partial charge in [-0.1, -0.05) is 11.6 Å². The molecular weight excluding hydrogens is 282 g/mol. The molecule has 0 radical (unpaired) electrons. The van der Waals surface area contributed by atoms with Gasteiger partial charge >= 0.3 is 5.97 Å². The molecule has 2 rings (SSSR count). The first-order valence-electron chi connectivity index (χ1n) is 5.85. The van der Waals surface area contributed by atoms with Crippen LogP contribution in [0.15, 0.2) is 30.5 Å². The maximum absolute atomic E-state index is 11.8. The van der Waals surface area contributed by atoms with E-state index in [2.05, 4.69) is 5.10 Å². The zero-order valence-electron chi connectivity index (χ0n) is 10.7. The van der Waals surface area contributed by atoms with Gasteiger partial charge in [-0.2, -0.15) is 5.10 Å². The molecule has 2 N–H and O–H groups in total. The van der Waals surface area contributed by atoms with Crippen molar-refractivity contribution in [3.63, 3.8) is 0 Å². The summed E-state index contributed by atoms with van der Waals surface area (Å²) in [6.45, 7) is 1.87. The van der Waals surface area contributed by atoms with Crippen LogP contribution < -0.4 is 5.73 Å². The Morgan fingerprint density at radius 3 is 2.55 bits per heavy atom. The van der Waals surface area contributed by atoms with E-state index in [1.165, 1.54) is 10.9 Å². The normalized spacial score (nSPS) is 10.3. The number of halogens is 1. The maximum atomic E-state index is 11.8. The second-order valence-corrected chi connectivity index (χ2v) is 4.33. The quantitative estimate of drug-likeness (QED) is 0.871. The molecule has 0 bridgehead atoms. The third-order valence-corrected chi connectivity index (χ3v) is 2.79. The summed E-state index contributed by atoms with van der Waals surface area (Å²) in [5.41, 5.74) is 5.78. The first kappa shape index (κ1) is 14.1. The summed E-state index contributed by atoms with van der Waals surface area (Å²) in [5.74, 6) is -1.43. The first-order valence-corrected chi connectivity index (χ1v) is 6.23. The second kappa shape index (κ2) is 5.75. The van der Waals surface area contributed by atoms with Crippen LogP contribution in [0.25, 0.3) is 5.69 Å². The lowest BCUT2D eigenvalue weighted by Gasteiger charge is -2.00. The number of hydrogen-bond donors (Lipinski definition) is 1. The number of esters is 1. The molecule has 0 atom stereocenters. The number of benzene rings is 1. The average Bonchev–Trinajstić information content (AvgIpc) is 2.85. The minimum Gasteiger partial charge on any atom is -0.462 e. The zero-order chi connectivity index (χ0) is 14.7. The van der Waals surface area contributed by atoms with Crippen molar-refractivity contribution in [2.24, 2.45) is 5.73 Å². The Balaban J connectivity index is 2.46. The van der Waals surface area contributed by atoms with Crippen molar-refractivity contribution in [3.05, 3.63) is 46.7 Å². The van der Waals surface area contributed by atoms with Crippen LogP contribution in [0.2, 0.25) is 5.02 Å². The molecule has 0 aliphatic rings. The van der Waals surface area contributed by atoms with Crippen molar-refractivity contribution < 1.29 is 14.3 Å². The summed E-state index contributed by atoms with van der Waals surface area (Å²) in [6, 6.07) is 6.75. The average molecular weight is 294 g/mol. The minimum absolute atomic E-state index is 0.0364. The molecule has 7 heteroatoms. The molecule has 1 aromatic carbocycles. The van der Waals surface area contributed by atoms with Crippen molar-refractivity contribution in [2.75, 3.05) is 6.61 Å². The standard InChI is InChI=1S/C13H12ClN3O3/c1-2-20-13(19)10-7-17(16-11(10)12(15)18)9-5-3-8(14)4-6-9/h3-7H,2H2,1H3,(H2,15,18). The van der Waals surface area contributed by atoms with Crippen LogP contribution in [-0.2, 0) is 4.74 Å². The summed E-state index contributed by atoms with van der Waals surface area (Å²) in [7, 11) is 0. The number of nitrogens with two attached hydrogens (primary N) is 1. The molecule has 104 valence electrons. The van der Waals surface area contributed by atoms with Crippen LogP contribution in [0, 0.1) is 0 Å². The van der Waals surface area contributed by atoms with Crippen molar-refractivity contribution in [1.29, 1.82) is 0 Å². The summed E-state index contributed by atoms with van der Waals surface area (Å²) in [6.07, 6.45) is 1.40. The van der Waals surface area contributed by atoms with Gasteiger partial charge < -0.3 is 10.5 Å². The molecule has 20 heavy (non-hydrogen) atoms. The number of carbonyl (C=O) groups is 2. The highest BCUT2D eigenvalue weighted by Crippen LogP contribution is 2.16. The molecule has 0 saturated carbocycles. The zero-order valence-corrected chi connectivity index (χ0v) is 11.4. The Morgan fingerprint density at radius 1 is 1.35 bits per heavy atom. The smallest absolute Gasteiger partial charge is 0.342 e. The van der Waals surface area contributed by atoms with E-state index in [4.69, 9.17) is 22.1 Å². The Bertz CT molecular complexity index is 649. The van der Waals surface area contributed by atoms with Gasteiger partial charge in [0.2, 0.25) is 0 Å². The van der Waals surface area contributed by atoms with E-state index in [0.717, 1.165) is 0 Å². The van der Waals surface area contributed by atoms with E-state index in [1.54, 1.807) is 31.2 Å². The summed E-state index contributed by atoms with van der Waals surface area (Å²) < 4.78 is 6.24. The van der Waals surface area contributed by atoms with E-state index in [1.807, 2.05) is 0 Å². The minimum atomic E-state index is -0.791. The van der Waals surface area contributed by atoms with E-state index in [9.17, 15) is 9.59 Å². The van der Waals surface area contributed by atoms with Gasteiger partial charge in [0.05, 0.1) is 12.3 Å². The van der Waals surface area contributed by atoms with Crippen LogP contribution in [-0.4, -0.2) is 28.3 Å². The number of primary amides is 1. The Hall–Kier alpha value is -2.34. The number of nitrogens with zero attached hydrogens (tertiary/aromatic N) is 2. The van der Waals surface area contributed by atoms with E-state index < -0.39 is 11.9 Å². The lowest BCUT2D eigenvalue weighted by molar-refractivity contribution is 0.0523. The first-order chi connectivity index (χ1) is 9.52. The predicted octanol–water partition coefficient (Wildman–Crippen LogP) is 1.80. The van der Waals surface area contributed by atoms with Gasteiger partial charge in [-0.05, 0) is 31.2 Å². The van der Waals surface area contributed by atoms with Gasteiger partial charge in [0, 0.05) is 11.2 Å². The fourth-order valence-electron chi connectivity index (χ4n) is 1.64. The fourth-order valence-corrected chi connectivity index (χ4v) is 1.77. The highest BCUT2D eigenvalue weighted by molar-refractivity contribution is 6.30. The molecule has 1 heterocycles. The molecule has 2 aromatic rings. The summed E-state index contributed by atoms with van der Waals surface area (Å²) in [4.78, 5) is 23.1. The van der Waals surface area contributed by atoms with Gasteiger partial charge in [-0.3, -0.25) is 4.79 Å². The Kier molecular flexibility index (Phi) is 4.05. The van der Waals surface area contributed by atoms with Crippen molar-refractivity contribution in [2.45, 2.75) is 6.92 Å². The van der Waals surface area contributed by atoms with E-state index in [-0.39, 0.29) is 17.9 Å². The van der Waals surface area contributed by atoms with Crippen LogP contribution >= 0.6 is 11.6 Å². The van der Waals surface area contributed by atoms with Gasteiger partial charge in [0.1, 0.15) is 5.56 Å². The highest BCUT2D eigenvalue weighted by atomic mass is 35.5. The fraction of sp³-hybridized carbons (Fsp3) is 0.154. The Morgan fingerprint density at radius 2 is 2.00 bits per heavy atom. The van der Waals surface area contributed by atoms with Gasteiger partial charge in [-0.15, -0.1) is 0 Å². The predicted molar refractivity (Wildman–Crippen MR) is 73.0 cm³/mol. The number of carbonyl (C=O) groups excluding carboxylic acids is 2. The summed E-state index contributed by atoms with van der Waals surface area (Å²) in [5, 5.41) is 4.58. The third-order valence-electron chi connectivity index (χ3n) is 2.53. The SMILES string of the molecule is CCOC(=O)c1cn(-c2ccc(Cl)cc2)nc1C(N)=O. The van der Waals surface area contributed by atoms with Gasteiger partial charge in [0.15, 0.2) is 5.69 Å². The molecule has 0 saturated heterocycles. The monoisotopic (exact) mass is 293 g/mol. The number of ether oxygens (including phenoxy) is 1. The lowest BCUT2D eigenvalue weighted by Crippen LogP contribution is -2.17. The molecule has 0 aliphatic carbocycles. The summed E-state index contributed by atoms with van der Waals surface area (Å²) >= 11 is 5.80. The largest absolute Gasteiger partial charge is 0.462 e. The molecule has 6 nitrogen and oxygen atoms in total. The lowest BCUT2D eigenvalue weighted by atomic mass is 10.2. The molecule has 0 unspecified atom stereocenters. The highest BCUT2D eigenvalue weighted by Gasteiger charge is 2.21. The number of amides is 1. The van der Waals surface area contributed by atoms with E-state index >= 15 is 0 Å². The molecule has 0 spiro atoms. The Labute approximate surface area is 120 Å². The van der Waals surface area contributed by atoms with Crippen molar-refractivity contribution in [1.82, 2.24) is 9.78 Å². The number of hydrogen-bond acceptors (Lipinski definition) is 4. The van der Waals surface area contributed by atoms with Crippen LogP contribution in [0.3, 0.4) is 0 Å².